The van der Waals surface area contributed by atoms with Crippen LogP contribution >= 0.6 is 0 Å². The monoisotopic (exact) mass is 2520 g/mol. The van der Waals surface area contributed by atoms with Crippen LogP contribution in [-0.2, 0) is 80.1 Å². The normalized spacial score (nSPS) is 20.8. The number of nitrogens with zero attached hydrogens (tertiary/aromatic N) is 3. The van der Waals surface area contributed by atoms with Crippen molar-refractivity contribution in [2.45, 2.75) is 260 Å². The maximum atomic E-state index is 14.4. The molecule has 3 radical (unpaired) electrons. The molecule has 0 aliphatic heterocycles. The van der Waals surface area contributed by atoms with Crippen molar-refractivity contribution >= 4 is 89.8 Å². The SMILES string of the molecule is CC(C(=O)C1CCCCC1)=C(O)C1CCCCC1.CC(C)(C)c1c[c-]c(-c2cc(-c3ccccc3)c3cc([Si](C)(C)C)ccc3n2)cc1.CCC(=O)C=C(O)CC.C[Si](C)(C)c1ccc2nc(-c3[c-]cc(-c4ccccc4)cc3)cc(-c3ccccc3)c2c1.C[Si](C)(C)c1ccc2nc(-c3[c-]cc(F)cc3F)cc(-c3ccccc3)c2c1.O=C(C=C(O)C12CC3CC(CC(C3)C1)C2)C12CC3CC(CC(C3)C1)C2.[Ir].[Ir].[Ir]. The number of hydrogen-bond acceptors (Lipinski definition) is 9. The second-order valence-corrected chi connectivity index (χ2v) is 61.7. The molecule has 10 fully saturated rings. The third kappa shape index (κ3) is 27.6. The number of allylic oxidation sites excluding steroid dienone is 6. The first-order valence-corrected chi connectivity index (χ1v) is 63.2. The Bertz CT molecular complexity index is 6680. The molecule has 0 atom stereocenters. The summed E-state index contributed by atoms with van der Waals surface area (Å²) in [5.41, 5.74) is 18.7. The van der Waals surface area contributed by atoms with Crippen LogP contribution < -0.4 is 15.6 Å². The summed E-state index contributed by atoms with van der Waals surface area (Å²) in [6, 6.07) is 92.5. The van der Waals surface area contributed by atoms with Gasteiger partial charge in [-0.1, -0.05) is 346 Å². The fourth-order valence-electron chi connectivity index (χ4n) is 24.3. The summed E-state index contributed by atoms with van der Waals surface area (Å²) < 4.78 is 27.7. The molecule has 8 bridgehead atoms. The van der Waals surface area contributed by atoms with Crippen LogP contribution in [0.3, 0.4) is 0 Å². The van der Waals surface area contributed by atoms with Crippen molar-refractivity contribution in [3.05, 3.63) is 313 Å². The standard InChI is InChI=1S/C30H26NSi.C28H30NSi.C24H20F2NSi.C23H32O2.C16H26O2.C7H12O2.3Ir/c1-32(2,3)26-18-19-29-28(20-26)27(24-12-8-5-9-13-24)21-30(31-29)25-16-14-23(15-17-25)22-10-6-4-7-11-22;1-28(2,3)22-14-12-21(13-15-22)27-19-24(20-10-8-7-9-11-20)25-18-23(30(4,5)6)16-17-26(25)29-27;1-28(2,3)18-10-12-23-21(14-18)20(16-7-5-4-6-8-16)15-24(27-23)19-11-9-17(25)13-22(19)26;24-20(22-8-14-1-15(9-22)3-16(2-14)10-22)7-21(25)23-11-17-4-18(12-23)6-19(5-17)13-23;1-12(15(17)13-8-4-2-5-9-13)16(18)14-10-6-3-7-11-14;1-3-6(8)5-7(9)4-2;;;/h4-16,18-21H,1-3H3;7-12,14-19H,1-6H3;4-10,12-15H,1-3H3;7,14-19,24H,1-6,8-13H2;13-14,17H,2-11H2,1H3;5,8H,3-4H2,1-2H3;;;/q3*-1;;;;;;. The summed E-state index contributed by atoms with van der Waals surface area (Å²) in [5, 5.41) is 38.0. The summed E-state index contributed by atoms with van der Waals surface area (Å²) in [5.74, 6) is 5.54. The number of ketones is 3. The van der Waals surface area contributed by atoms with Crippen molar-refractivity contribution in [2.24, 2.45) is 58.2 Å². The summed E-state index contributed by atoms with van der Waals surface area (Å²) >= 11 is 0. The van der Waals surface area contributed by atoms with E-state index in [-0.39, 0.29) is 111 Å². The molecule has 23 rings (SSSR count). The van der Waals surface area contributed by atoms with E-state index >= 15 is 0 Å². The molecule has 3 heterocycles. The predicted molar refractivity (Wildman–Crippen MR) is 594 cm³/mol. The van der Waals surface area contributed by atoms with Crippen LogP contribution in [0.1, 0.15) is 201 Å². The second kappa shape index (κ2) is 48.9. The van der Waals surface area contributed by atoms with Gasteiger partial charge < -0.3 is 15.3 Å². The molecule has 145 heavy (non-hydrogen) atoms. The number of benzene rings is 10. The van der Waals surface area contributed by atoms with E-state index in [0.717, 1.165) is 173 Å². The van der Waals surface area contributed by atoms with Crippen molar-refractivity contribution in [1.82, 2.24) is 15.0 Å². The zero-order valence-electron chi connectivity index (χ0n) is 87.5. The molecule has 10 saturated carbocycles. The van der Waals surface area contributed by atoms with Crippen LogP contribution in [0.2, 0.25) is 58.9 Å². The zero-order valence-corrected chi connectivity index (χ0v) is 97.7. The summed E-state index contributed by atoms with van der Waals surface area (Å²) in [7, 11) is -4.34. The fourth-order valence-corrected chi connectivity index (χ4v) is 27.8. The van der Waals surface area contributed by atoms with Gasteiger partial charge in [-0.25, -0.2) is 0 Å². The Kier molecular flexibility index (Phi) is 38.0. The minimum absolute atomic E-state index is 0. The van der Waals surface area contributed by atoms with Gasteiger partial charge >= 0.3 is 0 Å². The number of carbonyl (C=O) groups is 3. The second-order valence-electron chi connectivity index (χ2n) is 46.5. The topological polar surface area (TPSA) is 151 Å². The fraction of sp³-hybridized carbons (Fsp3) is 0.391. The zero-order chi connectivity index (χ0) is 101. The van der Waals surface area contributed by atoms with Gasteiger partial charge in [-0.2, -0.15) is 0 Å². The molecule has 3 N–H and O–H groups in total. The first kappa shape index (κ1) is 113. The molecular formula is C128H146F2Ir3N3O6Si3-3. The van der Waals surface area contributed by atoms with E-state index in [0.29, 0.717) is 41.4 Å². The van der Waals surface area contributed by atoms with Gasteiger partial charge in [-0.15, -0.1) is 77.4 Å². The number of Topliss-reactive ketones (excluding diaryl/α,β-unsaturated/α-hetero) is 1. The quantitative estimate of drug-likeness (QED) is 0.0311. The molecule has 0 saturated heterocycles. The van der Waals surface area contributed by atoms with E-state index in [9.17, 15) is 33.4 Å². The summed E-state index contributed by atoms with van der Waals surface area (Å²) in [6.45, 7) is 33.4. The Labute approximate surface area is 905 Å². The van der Waals surface area contributed by atoms with E-state index in [1.54, 1.807) is 19.9 Å². The van der Waals surface area contributed by atoms with Gasteiger partial charge in [-0.05, 0) is 219 Å². The summed E-state index contributed by atoms with van der Waals surface area (Å²) in [4.78, 5) is 51.0. The van der Waals surface area contributed by atoms with Crippen LogP contribution in [0.15, 0.2) is 278 Å². The van der Waals surface area contributed by atoms with Crippen LogP contribution in [0.4, 0.5) is 8.78 Å². The van der Waals surface area contributed by atoms with Crippen LogP contribution in [-0.4, -0.2) is 71.8 Å². The van der Waals surface area contributed by atoms with E-state index in [2.05, 4.69) is 285 Å². The molecule has 13 aromatic rings. The molecule has 765 valence electrons. The number of rotatable bonds is 19. The van der Waals surface area contributed by atoms with Gasteiger partial charge in [0.25, 0.3) is 0 Å². The van der Waals surface area contributed by atoms with Gasteiger partial charge in [-0.3, -0.25) is 38.1 Å². The third-order valence-corrected chi connectivity index (χ3v) is 37.8. The van der Waals surface area contributed by atoms with Crippen molar-refractivity contribution < 1.29 is 98.8 Å². The van der Waals surface area contributed by atoms with E-state index in [4.69, 9.17) is 15.1 Å². The molecule has 0 amide bonds. The molecule has 0 unspecified atom stereocenters. The number of carbonyl (C=O) groups excluding carboxylic acids is 3. The van der Waals surface area contributed by atoms with Crippen molar-refractivity contribution in [3.8, 4) is 78.3 Å². The van der Waals surface area contributed by atoms with Crippen molar-refractivity contribution in [3.63, 3.8) is 0 Å². The molecular weight excluding hydrogens is 2370 g/mol. The number of aliphatic hydroxyl groups is 3. The number of hydrogen-bond donors (Lipinski definition) is 3. The van der Waals surface area contributed by atoms with Crippen molar-refractivity contribution in [1.29, 1.82) is 0 Å². The number of halogens is 2. The number of aromatic nitrogens is 3. The maximum Gasteiger partial charge on any atom is 0.165 e. The van der Waals surface area contributed by atoms with Gasteiger partial charge in [0.05, 0.1) is 46.5 Å². The maximum absolute atomic E-state index is 14.4. The Morgan fingerprint density at radius 2 is 0.779 bits per heavy atom. The molecule has 0 spiro atoms. The van der Waals surface area contributed by atoms with Gasteiger partial charge in [0.15, 0.2) is 17.3 Å². The van der Waals surface area contributed by atoms with Crippen LogP contribution in [0, 0.1) is 88.0 Å². The molecule has 9 nitrogen and oxygen atoms in total. The summed E-state index contributed by atoms with van der Waals surface area (Å²) in [6.07, 6.45) is 30.5. The van der Waals surface area contributed by atoms with E-state index in [1.165, 1.54) is 143 Å². The Balaban J connectivity index is 0.000000149. The predicted octanol–water partition coefficient (Wildman–Crippen LogP) is 32.8. The largest absolute Gasteiger partial charge is 0.512 e. The molecule has 10 aliphatic rings. The van der Waals surface area contributed by atoms with E-state index in [1.807, 2.05) is 55.5 Å². The smallest absolute Gasteiger partial charge is 0.165 e. The van der Waals surface area contributed by atoms with E-state index < -0.39 is 35.9 Å². The van der Waals surface area contributed by atoms with Gasteiger partial charge in [0, 0.05) is 141 Å². The minimum atomic E-state index is -1.50. The first-order valence-electron chi connectivity index (χ1n) is 52.7. The molecule has 10 aliphatic carbocycles. The minimum Gasteiger partial charge on any atom is -0.512 e. The first-order chi connectivity index (χ1) is 67.9. The molecule has 3 aromatic heterocycles. The Morgan fingerprint density at radius 1 is 0.407 bits per heavy atom. The van der Waals surface area contributed by atoms with Gasteiger partial charge in [0.1, 0.15) is 11.5 Å². The Morgan fingerprint density at radius 3 is 1.14 bits per heavy atom. The average molecular weight is 2520 g/mol. The van der Waals surface area contributed by atoms with Crippen molar-refractivity contribution in [2.75, 3.05) is 0 Å². The van der Waals surface area contributed by atoms with Crippen LogP contribution in [0.25, 0.3) is 111 Å². The number of pyridine rings is 3. The number of fused-ring (bicyclic) bond motifs is 3. The van der Waals surface area contributed by atoms with Crippen LogP contribution in [0.5, 0.6) is 0 Å². The number of aliphatic hydroxyl groups excluding tert-OH is 3. The Hall–Kier alpha value is -9.48. The molecule has 10 aromatic carbocycles. The average Bonchev–Trinajstić information content (AvgIpc) is 0.728. The van der Waals surface area contributed by atoms with Gasteiger partial charge in [0.2, 0.25) is 0 Å². The molecule has 17 heteroatoms. The third-order valence-electron chi connectivity index (χ3n) is 31.7.